The Morgan fingerprint density at radius 1 is 1.40 bits per heavy atom. The third-order valence-corrected chi connectivity index (χ3v) is 2.35. The predicted octanol–water partition coefficient (Wildman–Crippen LogP) is 2.72. The molecule has 1 N–H and O–H groups in total. The minimum atomic E-state index is 0.157. The van der Waals surface area contributed by atoms with Crippen LogP contribution >= 0.6 is 0 Å². The number of hydrogen-bond acceptors (Lipinski definition) is 3. The fraction of sp³-hybridized carbons (Fsp3) is 0.500. The zero-order valence-corrected chi connectivity index (χ0v) is 9.49. The Labute approximate surface area is 90.6 Å². The molecule has 84 valence electrons. The summed E-state index contributed by atoms with van der Waals surface area (Å²) in [7, 11) is 1.54. The van der Waals surface area contributed by atoms with Crippen LogP contribution in [0.3, 0.4) is 0 Å². The number of benzene rings is 1. The van der Waals surface area contributed by atoms with Gasteiger partial charge in [0.25, 0.3) is 0 Å². The second-order valence-corrected chi connectivity index (χ2v) is 3.54. The average molecular weight is 210 g/mol. The number of hydrogen-bond donors (Lipinski definition) is 1. The van der Waals surface area contributed by atoms with Crippen molar-refractivity contribution in [2.75, 3.05) is 7.11 Å². The summed E-state index contributed by atoms with van der Waals surface area (Å²) in [5.74, 6) is 0.644. The van der Waals surface area contributed by atoms with Crippen molar-refractivity contribution in [1.29, 1.82) is 0 Å². The summed E-state index contributed by atoms with van der Waals surface area (Å²) in [6.07, 6.45) is 1.25. The van der Waals surface area contributed by atoms with Crippen LogP contribution in [0.2, 0.25) is 0 Å². The molecule has 0 saturated heterocycles. The molecule has 1 atom stereocenters. The molecule has 0 radical (unpaired) electrons. The maximum absolute atomic E-state index is 9.39. The van der Waals surface area contributed by atoms with Crippen LogP contribution in [-0.2, 0) is 11.3 Å². The second kappa shape index (κ2) is 5.61. The van der Waals surface area contributed by atoms with E-state index in [1.54, 1.807) is 12.1 Å². The number of methoxy groups -OCH3 is 1. The molecule has 3 nitrogen and oxygen atoms in total. The highest BCUT2D eigenvalue weighted by molar-refractivity contribution is 5.41. The lowest BCUT2D eigenvalue weighted by molar-refractivity contribution is 0.0507. The maximum Gasteiger partial charge on any atom is 0.160 e. The fourth-order valence-electron chi connectivity index (χ4n) is 1.17. The van der Waals surface area contributed by atoms with E-state index in [9.17, 15) is 5.11 Å². The Bertz CT molecular complexity index is 310. The molecule has 0 bridgehead atoms. The van der Waals surface area contributed by atoms with Gasteiger partial charge in [0.1, 0.15) is 0 Å². The molecule has 0 aliphatic carbocycles. The molecule has 15 heavy (non-hydrogen) atoms. The van der Waals surface area contributed by atoms with E-state index < -0.39 is 0 Å². The van der Waals surface area contributed by atoms with Crippen molar-refractivity contribution in [1.82, 2.24) is 0 Å². The lowest BCUT2D eigenvalue weighted by Gasteiger charge is -2.11. The maximum atomic E-state index is 9.39. The van der Waals surface area contributed by atoms with Crippen LogP contribution in [0.4, 0.5) is 0 Å². The molecule has 1 unspecified atom stereocenters. The van der Waals surface area contributed by atoms with E-state index in [0.29, 0.717) is 12.4 Å². The Kier molecular flexibility index (Phi) is 4.43. The first kappa shape index (κ1) is 11.9. The highest BCUT2D eigenvalue weighted by Gasteiger charge is 2.04. The Morgan fingerprint density at radius 3 is 2.73 bits per heavy atom. The van der Waals surface area contributed by atoms with Crippen LogP contribution in [0.5, 0.6) is 11.5 Å². The van der Waals surface area contributed by atoms with E-state index in [1.807, 2.05) is 13.0 Å². The number of rotatable bonds is 5. The van der Waals surface area contributed by atoms with Gasteiger partial charge in [0.15, 0.2) is 11.5 Å². The number of phenols is 1. The van der Waals surface area contributed by atoms with Crippen LogP contribution in [-0.4, -0.2) is 18.3 Å². The largest absolute Gasteiger partial charge is 0.504 e. The second-order valence-electron chi connectivity index (χ2n) is 3.54. The molecule has 1 rings (SSSR count). The van der Waals surface area contributed by atoms with Crippen molar-refractivity contribution in [3.63, 3.8) is 0 Å². The van der Waals surface area contributed by atoms with E-state index in [-0.39, 0.29) is 11.9 Å². The Balaban J connectivity index is 2.62. The number of phenolic OH excluding ortho intramolecular Hbond substituents is 1. The normalized spacial score (nSPS) is 12.5. The molecular formula is C12H18O3. The molecule has 0 heterocycles. The predicted molar refractivity (Wildman–Crippen MR) is 59.2 cm³/mol. The summed E-state index contributed by atoms with van der Waals surface area (Å²) in [5.41, 5.74) is 1.00. The van der Waals surface area contributed by atoms with Crippen LogP contribution in [0.25, 0.3) is 0 Å². The molecule has 1 aromatic rings. The molecule has 0 aliphatic heterocycles. The summed E-state index contributed by atoms with van der Waals surface area (Å²) in [4.78, 5) is 0. The summed E-state index contributed by atoms with van der Waals surface area (Å²) >= 11 is 0. The SMILES string of the molecule is CCC(C)OCc1ccc(O)c(OC)c1. The molecule has 0 aliphatic rings. The van der Waals surface area contributed by atoms with Gasteiger partial charge in [-0.15, -0.1) is 0 Å². The molecule has 0 aromatic heterocycles. The van der Waals surface area contributed by atoms with Crippen LogP contribution < -0.4 is 4.74 Å². The van der Waals surface area contributed by atoms with Gasteiger partial charge in [-0.05, 0) is 31.0 Å². The van der Waals surface area contributed by atoms with Gasteiger partial charge in [0.05, 0.1) is 19.8 Å². The number of ether oxygens (including phenoxy) is 2. The van der Waals surface area contributed by atoms with Gasteiger partial charge >= 0.3 is 0 Å². The molecular weight excluding hydrogens is 192 g/mol. The Morgan fingerprint density at radius 2 is 2.13 bits per heavy atom. The van der Waals surface area contributed by atoms with Gasteiger partial charge in [-0.1, -0.05) is 13.0 Å². The van der Waals surface area contributed by atoms with E-state index >= 15 is 0 Å². The lowest BCUT2D eigenvalue weighted by atomic mass is 10.2. The van der Waals surface area contributed by atoms with Crippen molar-refractivity contribution < 1.29 is 14.6 Å². The van der Waals surface area contributed by atoms with Crippen molar-refractivity contribution in [2.45, 2.75) is 33.0 Å². The van der Waals surface area contributed by atoms with Crippen LogP contribution in [0.15, 0.2) is 18.2 Å². The molecule has 1 aromatic carbocycles. The van der Waals surface area contributed by atoms with E-state index in [2.05, 4.69) is 6.92 Å². The molecule has 3 heteroatoms. The summed E-state index contributed by atoms with van der Waals surface area (Å²) < 4.78 is 10.6. The topological polar surface area (TPSA) is 38.7 Å². The van der Waals surface area contributed by atoms with Crippen molar-refractivity contribution >= 4 is 0 Å². The standard InChI is InChI=1S/C12H18O3/c1-4-9(2)15-8-10-5-6-11(13)12(7-10)14-3/h5-7,9,13H,4,8H2,1-3H3. The van der Waals surface area contributed by atoms with Crippen molar-refractivity contribution in [3.8, 4) is 11.5 Å². The monoisotopic (exact) mass is 210 g/mol. The summed E-state index contributed by atoms with van der Waals surface area (Å²) in [5, 5.41) is 9.39. The number of aromatic hydroxyl groups is 1. The van der Waals surface area contributed by atoms with Gasteiger partial charge in [-0.3, -0.25) is 0 Å². The zero-order valence-electron chi connectivity index (χ0n) is 9.49. The van der Waals surface area contributed by atoms with Crippen LogP contribution in [0, 0.1) is 0 Å². The van der Waals surface area contributed by atoms with E-state index in [1.165, 1.54) is 7.11 Å². The van der Waals surface area contributed by atoms with Crippen molar-refractivity contribution in [2.24, 2.45) is 0 Å². The molecule has 0 amide bonds. The van der Waals surface area contributed by atoms with Crippen molar-refractivity contribution in [3.05, 3.63) is 23.8 Å². The first-order valence-electron chi connectivity index (χ1n) is 5.14. The van der Waals surface area contributed by atoms with Crippen LogP contribution in [0.1, 0.15) is 25.8 Å². The van der Waals surface area contributed by atoms with E-state index in [4.69, 9.17) is 9.47 Å². The third-order valence-electron chi connectivity index (χ3n) is 2.35. The molecule has 0 saturated carbocycles. The first-order chi connectivity index (χ1) is 7.17. The quantitative estimate of drug-likeness (QED) is 0.812. The zero-order chi connectivity index (χ0) is 11.3. The highest BCUT2D eigenvalue weighted by atomic mass is 16.5. The molecule has 0 fully saturated rings. The fourth-order valence-corrected chi connectivity index (χ4v) is 1.17. The lowest BCUT2D eigenvalue weighted by Crippen LogP contribution is -2.06. The third kappa shape index (κ3) is 3.44. The Hall–Kier alpha value is -1.22. The van der Waals surface area contributed by atoms with E-state index in [0.717, 1.165) is 12.0 Å². The van der Waals surface area contributed by atoms with Gasteiger partial charge in [0, 0.05) is 0 Å². The minimum absolute atomic E-state index is 0.157. The van der Waals surface area contributed by atoms with Gasteiger partial charge < -0.3 is 14.6 Å². The average Bonchev–Trinajstić information content (AvgIpc) is 2.27. The first-order valence-corrected chi connectivity index (χ1v) is 5.14. The smallest absolute Gasteiger partial charge is 0.160 e. The highest BCUT2D eigenvalue weighted by Crippen LogP contribution is 2.26. The van der Waals surface area contributed by atoms with Gasteiger partial charge in [-0.2, -0.15) is 0 Å². The summed E-state index contributed by atoms with van der Waals surface area (Å²) in [6.45, 7) is 4.67. The van der Waals surface area contributed by atoms with Gasteiger partial charge in [-0.25, -0.2) is 0 Å². The minimum Gasteiger partial charge on any atom is -0.504 e. The van der Waals surface area contributed by atoms with Gasteiger partial charge in [0.2, 0.25) is 0 Å². The summed E-state index contributed by atoms with van der Waals surface area (Å²) in [6, 6.07) is 5.24. The molecule has 0 spiro atoms.